The predicted molar refractivity (Wildman–Crippen MR) is 81.4 cm³/mol. The van der Waals surface area contributed by atoms with Crippen LogP contribution in [0.2, 0.25) is 0 Å². The Labute approximate surface area is 119 Å². The van der Waals surface area contributed by atoms with Crippen molar-refractivity contribution in [1.82, 2.24) is 5.32 Å². The monoisotopic (exact) mass is 267 g/mol. The van der Waals surface area contributed by atoms with Crippen LogP contribution in [0.4, 0.5) is 0 Å². The second-order valence-corrected chi connectivity index (χ2v) is 6.62. The molecule has 4 atom stereocenters. The van der Waals surface area contributed by atoms with Gasteiger partial charge in [-0.2, -0.15) is 0 Å². The molecule has 2 heteroatoms. The van der Waals surface area contributed by atoms with Crippen LogP contribution in [0.15, 0.2) is 0 Å². The summed E-state index contributed by atoms with van der Waals surface area (Å²) in [6.45, 7) is 6.81. The van der Waals surface area contributed by atoms with Crippen LogP contribution in [0.25, 0.3) is 0 Å². The smallest absolute Gasteiger partial charge is 0.0576 e. The van der Waals surface area contributed by atoms with Crippen LogP contribution in [0.5, 0.6) is 0 Å². The minimum Gasteiger partial charge on any atom is -0.378 e. The maximum atomic E-state index is 5.78. The van der Waals surface area contributed by atoms with Gasteiger partial charge < -0.3 is 10.1 Å². The van der Waals surface area contributed by atoms with Crippen molar-refractivity contribution >= 4 is 0 Å². The Balaban J connectivity index is 1.77. The summed E-state index contributed by atoms with van der Waals surface area (Å²) in [5, 5.41) is 3.82. The molecular weight excluding hydrogens is 234 g/mol. The van der Waals surface area contributed by atoms with Crippen molar-refractivity contribution in [2.75, 3.05) is 13.2 Å². The highest BCUT2D eigenvalue weighted by molar-refractivity contribution is 4.85. The van der Waals surface area contributed by atoms with Gasteiger partial charge in [0, 0.05) is 12.6 Å². The third-order valence-electron chi connectivity index (χ3n) is 5.21. The van der Waals surface area contributed by atoms with Crippen molar-refractivity contribution in [3.8, 4) is 0 Å². The van der Waals surface area contributed by atoms with Crippen LogP contribution in [0.3, 0.4) is 0 Å². The van der Waals surface area contributed by atoms with E-state index < -0.39 is 0 Å². The number of rotatable bonds is 8. The molecule has 0 bridgehead atoms. The normalized spacial score (nSPS) is 32.8. The molecule has 0 aromatic heterocycles. The molecule has 19 heavy (non-hydrogen) atoms. The molecule has 0 aromatic rings. The molecule has 2 rings (SSSR count). The second-order valence-electron chi connectivity index (χ2n) is 6.62. The molecule has 2 fully saturated rings. The van der Waals surface area contributed by atoms with E-state index in [4.69, 9.17) is 4.74 Å². The highest BCUT2D eigenvalue weighted by Gasteiger charge is 2.30. The minimum absolute atomic E-state index is 0.564. The van der Waals surface area contributed by atoms with Gasteiger partial charge in [0.05, 0.1) is 6.10 Å². The summed E-state index contributed by atoms with van der Waals surface area (Å²) in [5.41, 5.74) is 0. The summed E-state index contributed by atoms with van der Waals surface area (Å²) >= 11 is 0. The Morgan fingerprint density at radius 3 is 2.74 bits per heavy atom. The summed E-state index contributed by atoms with van der Waals surface area (Å²) < 4.78 is 5.78. The number of hydrogen-bond acceptors (Lipinski definition) is 2. The van der Waals surface area contributed by atoms with Crippen LogP contribution >= 0.6 is 0 Å². The fourth-order valence-corrected chi connectivity index (χ4v) is 3.92. The van der Waals surface area contributed by atoms with Gasteiger partial charge in [-0.15, -0.1) is 0 Å². The van der Waals surface area contributed by atoms with Crippen LogP contribution in [0, 0.1) is 11.8 Å². The van der Waals surface area contributed by atoms with Crippen LogP contribution in [-0.2, 0) is 4.74 Å². The first-order chi connectivity index (χ1) is 9.33. The largest absolute Gasteiger partial charge is 0.378 e. The topological polar surface area (TPSA) is 21.3 Å². The summed E-state index contributed by atoms with van der Waals surface area (Å²) in [5.74, 6) is 1.93. The van der Waals surface area contributed by atoms with Crippen molar-refractivity contribution in [1.29, 1.82) is 0 Å². The lowest BCUT2D eigenvalue weighted by atomic mass is 9.91. The summed E-state index contributed by atoms with van der Waals surface area (Å²) in [7, 11) is 0. The minimum atomic E-state index is 0.564. The van der Waals surface area contributed by atoms with E-state index in [1.54, 1.807) is 0 Å². The number of nitrogens with one attached hydrogen (secondary N) is 1. The predicted octanol–water partition coefficient (Wildman–Crippen LogP) is 4.14. The molecule has 1 N–H and O–H groups in total. The standard InChI is InChI=1S/C17H33NO/c1-3-11-18-17(10-9-16-6-5-12-19-16)15-8-7-14(4-2)13-15/h14-18H,3-13H2,1-2H3. The Morgan fingerprint density at radius 1 is 1.21 bits per heavy atom. The fraction of sp³-hybridized carbons (Fsp3) is 1.00. The van der Waals surface area contributed by atoms with Crippen molar-refractivity contribution in [2.24, 2.45) is 11.8 Å². The molecule has 0 amide bonds. The Hall–Kier alpha value is -0.0800. The molecule has 2 nitrogen and oxygen atoms in total. The van der Waals surface area contributed by atoms with Gasteiger partial charge in [-0.3, -0.25) is 0 Å². The van der Waals surface area contributed by atoms with E-state index in [1.807, 2.05) is 0 Å². The van der Waals surface area contributed by atoms with Crippen molar-refractivity contribution < 1.29 is 4.74 Å². The summed E-state index contributed by atoms with van der Waals surface area (Å²) in [6.07, 6.45) is 12.7. The Bertz CT molecular complexity index is 237. The average molecular weight is 267 g/mol. The fourth-order valence-electron chi connectivity index (χ4n) is 3.92. The molecule has 1 heterocycles. The maximum Gasteiger partial charge on any atom is 0.0576 e. The average Bonchev–Trinajstić information content (AvgIpc) is 3.09. The first kappa shape index (κ1) is 15.3. The van der Waals surface area contributed by atoms with Crippen LogP contribution in [0.1, 0.15) is 71.6 Å². The molecule has 4 unspecified atom stereocenters. The molecule has 1 aliphatic carbocycles. The third kappa shape index (κ3) is 4.75. The lowest BCUT2D eigenvalue weighted by Crippen LogP contribution is -2.36. The lowest BCUT2D eigenvalue weighted by molar-refractivity contribution is 0.0970. The van der Waals surface area contributed by atoms with Crippen LogP contribution in [-0.4, -0.2) is 25.3 Å². The molecule has 1 aliphatic heterocycles. The van der Waals surface area contributed by atoms with Gasteiger partial charge in [0.15, 0.2) is 0 Å². The molecule has 0 spiro atoms. The molecule has 112 valence electrons. The Kier molecular flexibility index (Phi) is 6.66. The molecule has 1 saturated heterocycles. The van der Waals surface area contributed by atoms with Gasteiger partial charge in [0.25, 0.3) is 0 Å². The quantitative estimate of drug-likeness (QED) is 0.713. The summed E-state index contributed by atoms with van der Waals surface area (Å²) in [4.78, 5) is 0. The molecule has 0 aromatic carbocycles. The molecule has 0 radical (unpaired) electrons. The zero-order valence-corrected chi connectivity index (χ0v) is 13.0. The van der Waals surface area contributed by atoms with Gasteiger partial charge in [0.2, 0.25) is 0 Å². The highest BCUT2D eigenvalue weighted by atomic mass is 16.5. The van der Waals surface area contributed by atoms with E-state index in [-0.39, 0.29) is 0 Å². The highest BCUT2D eigenvalue weighted by Crippen LogP contribution is 2.36. The number of hydrogen-bond donors (Lipinski definition) is 1. The molecular formula is C17H33NO. The van der Waals surface area contributed by atoms with Crippen molar-refractivity contribution in [3.05, 3.63) is 0 Å². The van der Waals surface area contributed by atoms with Gasteiger partial charge in [-0.1, -0.05) is 26.7 Å². The third-order valence-corrected chi connectivity index (χ3v) is 5.21. The molecule has 2 aliphatic rings. The van der Waals surface area contributed by atoms with E-state index in [0.29, 0.717) is 6.10 Å². The SMILES string of the molecule is CCCNC(CCC1CCCO1)C1CCC(CC)C1. The van der Waals surface area contributed by atoms with Gasteiger partial charge in [-0.25, -0.2) is 0 Å². The van der Waals surface area contributed by atoms with Gasteiger partial charge in [-0.05, 0) is 63.3 Å². The van der Waals surface area contributed by atoms with Gasteiger partial charge >= 0.3 is 0 Å². The lowest BCUT2D eigenvalue weighted by Gasteiger charge is -2.26. The van der Waals surface area contributed by atoms with E-state index in [1.165, 1.54) is 64.3 Å². The molecule has 1 saturated carbocycles. The van der Waals surface area contributed by atoms with E-state index in [0.717, 1.165) is 24.5 Å². The number of ether oxygens (including phenoxy) is 1. The first-order valence-electron chi connectivity index (χ1n) is 8.68. The van der Waals surface area contributed by atoms with E-state index >= 15 is 0 Å². The van der Waals surface area contributed by atoms with Crippen molar-refractivity contribution in [3.63, 3.8) is 0 Å². The van der Waals surface area contributed by atoms with E-state index in [9.17, 15) is 0 Å². The van der Waals surface area contributed by atoms with Crippen LogP contribution < -0.4 is 5.32 Å². The van der Waals surface area contributed by atoms with Crippen molar-refractivity contribution in [2.45, 2.75) is 83.8 Å². The van der Waals surface area contributed by atoms with E-state index in [2.05, 4.69) is 19.2 Å². The second kappa shape index (κ2) is 8.26. The zero-order chi connectivity index (χ0) is 13.5. The Morgan fingerprint density at radius 2 is 2.11 bits per heavy atom. The maximum absolute atomic E-state index is 5.78. The summed E-state index contributed by atoms with van der Waals surface area (Å²) in [6, 6.07) is 0.751. The first-order valence-corrected chi connectivity index (χ1v) is 8.68. The zero-order valence-electron chi connectivity index (χ0n) is 13.0. The van der Waals surface area contributed by atoms with Gasteiger partial charge in [0.1, 0.15) is 0 Å².